The third-order valence-corrected chi connectivity index (χ3v) is 23.9. The summed E-state index contributed by atoms with van der Waals surface area (Å²) in [7, 11) is -18.6. The van der Waals surface area contributed by atoms with Crippen molar-refractivity contribution in [2.45, 2.75) is 45.2 Å². The van der Waals surface area contributed by atoms with E-state index in [1.54, 1.807) is 116 Å². The minimum absolute atomic E-state index is 0.00837. The minimum Gasteiger partial charge on any atom is -0.505 e. The number of aryl methyl sites for hydroxylation is 3. The van der Waals surface area contributed by atoms with Crippen molar-refractivity contribution in [3.63, 3.8) is 0 Å². The van der Waals surface area contributed by atoms with Gasteiger partial charge in [-0.1, -0.05) is 18.2 Å². The molecular weight excluding hydrogens is 1620 g/mol. The summed E-state index contributed by atoms with van der Waals surface area (Å²) in [5, 5.41) is 73.5. The third kappa shape index (κ3) is 18.9. The SMILES string of the molecule is Cc1cc(N)c(N=Nc2ccc(NS(=O)(=O)c3ccc(N=Nc4c(S(=O)(=O)O)cc5cc(C)c(N=Nc6ccc(OS(=O)c7ccccc7)cc6)c(N)c5c4O)cc3)cc2)cc1N=Nc1ccc(NS(=O)(=O)c2ccc(N=Nc3c(S(=O)(=O)O)cc4cc(C)c(N=Nc5ccc(OS(=O)N6CCOCC6)cc5)c(N)c4c3O)cc2)cc1. The zero-order valence-electron chi connectivity index (χ0n) is 60.6. The van der Waals surface area contributed by atoms with Crippen LogP contribution in [-0.4, -0.2) is 92.0 Å². The Bertz CT molecular complexity index is 6550. The van der Waals surface area contributed by atoms with Gasteiger partial charge >= 0.3 is 0 Å². The molecule has 2 unspecified atom stereocenters. The number of hydrogen-bond donors (Lipinski definition) is 9. The highest BCUT2D eigenvalue weighted by Gasteiger charge is 2.28. The summed E-state index contributed by atoms with van der Waals surface area (Å²) in [4.78, 5) is -1.56. The first-order valence-corrected chi connectivity index (χ1v) is 42.0. The van der Waals surface area contributed by atoms with Crippen LogP contribution in [0, 0.1) is 20.8 Å². The lowest BCUT2D eigenvalue weighted by atomic mass is 10.0. The average Bonchev–Trinajstić information content (AvgIpc) is 0.752. The molecule has 0 aromatic heterocycles. The Morgan fingerprint density at radius 3 is 1.18 bits per heavy atom. The Hall–Kier alpha value is -13.1. The number of phenols is 2. The van der Waals surface area contributed by atoms with Crippen molar-refractivity contribution in [3.05, 3.63) is 229 Å². The van der Waals surface area contributed by atoms with E-state index in [2.05, 4.69) is 70.8 Å². The fourth-order valence-corrected chi connectivity index (χ4v) is 16.4. The van der Waals surface area contributed by atoms with Gasteiger partial charge in [0.15, 0.2) is 11.5 Å². The van der Waals surface area contributed by atoms with Crippen LogP contribution in [0.25, 0.3) is 21.5 Å². The molecule has 0 radical (unpaired) electrons. The number of nitrogens with two attached hydrogens (primary N) is 3. The zero-order valence-corrected chi connectivity index (χ0v) is 65.5. The molecule has 0 amide bonds. The van der Waals surface area contributed by atoms with Gasteiger partial charge in [0, 0.05) is 24.5 Å². The highest BCUT2D eigenvalue weighted by Crippen LogP contribution is 2.50. The summed E-state index contributed by atoms with van der Waals surface area (Å²) in [6.07, 6.45) is 0. The first-order chi connectivity index (χ1) is 55.3. The molecule has 12 aromatic rings. The van der Waals surface area contributed by atoms with Crippen molar-refractivity contribution in [3.8, 4) is 23.0 Å². The maximum Gasteiger partial charge on any atom is 0.296 e. The van der Waals surface area contributed by atoms with Crippen LogP contribution in [0.2, 0.25) is 0 Å². The van der Waals surface area contributed by atoms with E-state index in [1.807, 2.05) is 0 Å². The number of anilines is 5. The number of azo groups is 6. The largest absolute Gasteiger partial charge is 0.505 e. The van der Waals surface area contributed by atoms with E-state index in [1.165, 1.54) is 109 Å². The second-order valence-corrected chi connectivity index (χ2v) is 33.7. The Labute approximate surface area is 666 Å². The number of nitrogens with one attached hydrogen (secondary N) is 2. The second kappa shape index (κ2) is 33.9. The molecule has 116 heavy (non-hydrogen) atoms. The van der Waals surface area contributed by atoms with Gasteiger partial charge in [-0.15, -0.1) is 25.6 Å². The fraction of sp³-hybridized carbons (Fsp3) is 0.0933. The van der Waals surface area contributed by atoms with E-state index in [9.17, 15) is 61.4 Å². The number of phenolic OH excluding ortho intramolecular Hbond substituents is 2. The van der Waals surface area contributed by atoms with Gasteiger partial charge in [-0.3, -0.25) is 18.5 Å². The number of aromatic hydroxyl groups is 2. The lowest BCUT2D eigenvalue weighted by Gasteiger charge is -2.24. The maximum atomic E-state index is 13.6. The number of benzene rings is 12. The van der Waals surface area contributed by atoms with Gasteiger partial charge in [0.2, 0.25) is 11.1 Å². The van der Waals surface area contributed by atoms with Gasteiger partial charge < -0.3 is 40.5 Å². The van der Waals surface area contributed by atoms with Crippen LogP contribution in [0.5, 0.6) is 23.0 Å². The Morgan fingerprint density at radius 1 is 0.414 bits per heavy atom. The molecule has 592 valence electrons. The normalized spacial score (nSPS) is 13.9. The molecule has 1 heterocycles. The number of rotatable bonds is 26. The first-order valence-electron chi connectivity index (χ1n) is 34.1. The maximum absolute atomic E-state index is 13.6. The second-order valence-electron chi connectivity index (χ2n) is 25.4. The predicted molar refractivity (Wildman–Crippen MR) is 435 cm³/mol. The Kier molecular flexibility index (Phi) is 23.7. The highest BCUT2D eigenvalue weighted by molar-refractivity contribution is 7.93. The molecule has 1 aliphatic rings. The monoisotopic (exact) mass is 1680 g/mol. The van der Waals surface area contributed by atoms with E-state index in [-0.39, 0.29) is 88.2 Å². The molecule has 12 aromatic carbocycles. The van der Waals surface area contributed by atoms with E-state index < -0.39 is 95.3 Å². The topological polar surface area (TPSA) is 533 Å². The first kappa shape index (κ1) is 80.9. The fourth-order valence-electron chi connectivity index (χ4n) is 11.4. The summed E-state index contributed by atoms with van der Waals surface area (Å²) >= 11 is -3.50. The van der Waals surface area contributed by atoms with Crippen LogP contribution in [0.3, 0.4) is 0 Å². The molecule has 41 heteroatoms. The van der Waals surface area contributed by atoms with Crippen molar-refractivity contribution in [1.29, 1.82) is 0 Å². The van der Waals surface area contributed by atoms with E-state index in [4.69, 9.17) is 30.3 Å². The Balaban J connectivity index is 0.616. The van der Waals surface area contributed by atoms with Crippen molar-refractivity contribution in [2.75, 3.05) is 52.9 Å². The number of nitrogens with zero attached hydrogens (tertiary/aromatic N) is 13. The van der Waals surface area contributed by atoms with E-state index in [0.717, 1.165) is 12.1 Å². The van der Waals surface area contributed by atoms with Gasteiger partial charge in [0.05, 0.1) is 95.5 Å². The number of hydrogen-bond acceptors (Lipinski definition) is 30. The zero-order chi connectivity index (χ0) is 82.4. The molecule has 2 atom stereocenters. The lowest BCUT2D eigenvalue weighted by molar-refractivity contribution is 0.0728. The molecule has 0 saturated carbocycles. The highest BCUT2D eigenvalue weighted by atomic mass is 32.2. The molecule has 1 saturated heterocycles. The van der Waals surface area contributed by atoms with Crippen LogP contribution >= 0.6 is 0 Å². The smallest absolute Gasteiger partial charge is 0.296 e. The van der Waals surface area contributed by atoms with E-state index in [0.29, 0.717) is 87.8 Å². The molecule has 35 nitrogen and oxygen atoms in total. The summed E-state index contributed by atoms with van der Waals surface area (Å²) in [5.74, 6) is -0.928. The molecule has 0 bridgehead atoms. The third-order valence-electron chi connectivity index (χ3n) is 17.3. The number of fused-ring (bicyclic) bond motifs is 2. The quantitative estimate of drug-likeness (QED) is 0.0138. The minimum atomic E-state index is -5.05. The standard InChI is InChI=1S/C75H64N18O17S6/c1-43-39-61(76)63(86-80-49-11-15-55(16-12-49)92-114(100,101)60-31-23-53(24-32-60)84-89-72-64(115(102,103)104)40-46-37-44(2)70(68(77)66(46)74(72)94)87-81-50-17-25-56(26-18-50)109-111(96)58-7-5-4-6-8-58)42-62(43)85-79-48-9-13-54(14-10-48)91-113(98,99)59-29-21-52(22-30-59)83-90-73-65(116(105,106)107)41-47-38-45(3)71(69(78)67(47)75(73)95)88-82-51-19-27-57(28-20-51)110-112(97)93-33-35-108-36-34-93/h4-32,37-42,91-92,94-95H,33-36,76-78H2,1-3H3,(H,102,103,104)(H,105,106,107). The molecule has 1 fully saturated rings. The van der Waals surface area contributed by atoms with Crippen LogP contribution in [0.1, 0.15) is 16.7 Å². The van der Waals surface area contributed by atoms with E-state index >= 15 is 0 Å². The number of ether oxygens (including phenoxy) is 1. The molecule has 13 rings (SSSR count). The van der Waals surface area contributed by atoms with Crippen molar-refractivity contribution >= 4 is 181 Å². The molecule has 0 aliphatic carbocycles. The molecule has 0 spiro atoms. The molecular formula is C75H64N18O17S6. The lowest BCUT2D eigenvalue weighted by Crippen LogP contribution is -2.39. The van der Waals surface area contributed by atoms with Gasteiger partial charge in [-0.05, 0) is 242 Å². The Morgan fingerprint density at radius 2 is 0.776 bits per heavy atom. The number of sulfonamides is 2. The van der Waals surface area contributed by atoms with Crippen molar-refractivity contribution < 1.29 is 74.5 Å². The van der Waals surface area contributed by atoms with Crippen LogP contribution < -0.4 is 35.0 Å². The van der Waals surface area contributed by atoms with Crippen LogP contribution in [0.15, 0.2) is 298 Å². The summed E-state index contributed by atoms with van der Waals surface area (Å²) < 4.78 is 174. The van der Waals surface area contributed by atoms with Crippen LogP contribution in [0.4, 0.5) is 96.7 Å². The van der Waals surface area contributed by atoms with Crippen molar-refractivity contribution in [2.24, 2.45) is 61.4 Å². The number of morpholine rings is 1. The van der Waals surface area contributed by atoms with Crippen LogP contribution in [-0.2, 0) is 67.4 Å². The molecule has 12 N–H and O–H groups in total. The van der Waals surface area contributed by atoms with Gasteiger partial charge in [-0.25, -0.2) is 21.0 Å². The van der Waals surface area contributed by atoms with Gasteiger partial charge in [0.1, 0.15) is 49.7 Å². The number of nitrogen functional groups attached to an aromatic ring is 3. The summed E-state index contributed by atoms with van der Waals surface area (Å²) in [5.41, 5.74) is 22.0. The van der Waals surface area contributed by atoms with Gasteiger partial charge in [-0.2, -0.15) is 61.1 Å². The predicted octanol–water partition coefficient (Wildman–Crippen LogP) is 18.1. The summed E-state index contributed by atoms with van der Waals surface area (Å²) in [6, 6.07) is 50.9. The van der Waals surface area contributed by atoms with Crippen molar-refractivity contribution in [1.82, 2.24) is 4.31 Å². The average molecular weight is 1680 g/mol. The molecule has 1 aliphatic heterocycles. The summed E-state index contributed by atoms with van der Waals surface area (Å²) in [6.45, 7) is 6.75. The van der Waals surface area contributed by atoms with Gasteiger partial charge in [0.25, 0.3) is 51.5 Å².